The van der Waals surface area contributed by atoms with Gasteiger partial charge in [-0.25, -0.2) is 0 Å². The number of rotatable bonds is 8. The van der Waals surface area contributed by atoms with Gasteiger partial charge in [-0.2, -0.15) is 0 Å². The molecule has 0 atom stereocenters. The van der Waals surface area contributed by atoms with Crippen molar-refractivity contribution in [2.24, 2.45) is 10.4 Å². The largest absolute Gasteiger partial charge is 0.385 e. The first-order valence-corrected chi connectivity index (χ1v) is 9.88. The minimum Gasteiger partial charge on any atom is -0.385 e. The Balaban J connectivity index is 0.00000261. The van der Waals surface area contributed by atoms with E-state index in [9.17, 15) is 0 Å². The summed E-state index contributed by atoms with van der Waals surface area (Å²) in [6.07, 6.45) is 6.66. The Bertz CT molecular complexity index is 554. The van der Waals surface area contributed by atoms with Gasteiger partial charge in [0.25, 0.3) is 0 Å². The predicted molar refractivity (Wildman–Crippen MR) is 118 cm³/mol. The van der Waals surface area contributed by atoms with Gasteiger partial charge in [-0.3, -0.25) is 9.89 Å². The highest BCUT2D eigenvalue weighted by molar-refractivity contribution is 14.0. The van der Waals surface area contributed by atoms with E-state index in [1.165, 1.54) is 19.3 Å². The molecule has 0 radical (unpaired) electrons. The molecule has 1 N–H and O–H groups in total. The van der Waals surface area contributed by atoms with Crippen LogP contribution in [0.3, 0.4) is 0 Å². The zero-order valence-corrected chi connectivity index (χ0v) is 19.0. The highest BCUT2D eigenvalue weighted by atomic mass is 127. The normalized spacial score (nSPS) is 20.1. The Labute approximate surface area is 179 Å². The predicted octanol–water partition coefficient (Wildman–Crippen LogP) is 2.58. The van der Waals surface area contributed by atoms with Crippen LogP contribution in [-0.4, -0.2) is 73.9 Å². The van der Waals surface area contributed by atoms with E-state index in [4.69, 9.17) is 14.3 Å². The topological polar surface area (TPSA) is 66.1 Å². The van der Waals surface area contributed by atoms with Crippen molar-refractivity contribution in [1.29, 1.82) is 0 Å². The molecule has 154 valence electrons. The van der Waals surface area contributed by atoms with Crippen LogP contribution in [0.2, 0.25) is 0 Å². The number of hydrogen-bond donors (Lipinski definition) is 1. The third-order valence-corrected chi connectivity index (χ3v) is 5.70. The van der Waals surface area contributed by atoms with Gasteiger partial charge in [-0.05, 0) is 31.6 Å². The first-order chi connectivity index (χ1) is 12.7. The SMILES string of the molecule is CCNC(=NCC1(CCOC)CCC1)N1CCN(Cc2ccon2)CC1.I. The highest BCUT2D eigenvalue weighted by Crippen LogP contribution is 2.44. The first kappa shape index (κ1) is 22.4. The zero-order chi connectivity index (χ0) is 18.2. The Morgan fingerprint density at radius 2 is 2.11 bits per heavy atom. The van der Waals surface area contributed by atoms with Crippen molar-refractivity contribution in [2.75, 3.05) is 53.0 Å². The van der Waals surface area contributed by atoms with Crippen molar-refractivity contribution >= 4 is 29.9 Å². The second-order valence-electron chi connectivity index (χ2n) is 7.52. The summed E-state index contributed by atoms with van der Waals surface area (Å²) < 4.78 is 10.2. The number of methoxy groups -OCH3 is 1. The summed E-state index contributed by atoms with van der Waals surface area (Å²) in [6, 6.07) is 1.94. The lowest BCUT2D eigenvalue weighted by molar-refractivity contribution is 0.0774. The van der Waals surface area contributed by atoms with Crippen LogP contribution in [0.25, 0.3) is 0 Å². The quantitative estimate of drug-likeness (QED) is 0.343. The van der Waals surface area contributed by atoms with Crippen molar-refractivity contribution < 1.29 is 9.26 Å². The number of hydrogen-bond acceptors (Lipinski definition) is 5. The van der Waals surface area contributed by atoms with Gasteiger partial charge < -0.3 is 19.5 Å². The molecular formula is C19H34IN5O2. The summed E-state index contributed by atoms with van der Waals surface area (Å²) >= 11 is 0. The number of aliphatic imine (C=N–C) groups is 1. The summed E-state index contributed by atoms with van der Waals surface area (Å²) in [4.78, 5) is 9.83. The molecule has 1 saturated heterocycles. The minimum atomic E-state index is 0. The van der Waals surface area contributed by atoms with Crippen LogP contribution in [0.5, 0.6) is 0 Å². The Morgan fingerprint density at radius 3 is 2.67 bits per heavy atom. The molecule has 1 aromatic rings. The molecule has 0 aromatic carbocycles. The molecule has 1 aliphatic heterocycles. The van der Waals surface area contributed by atoms with Gasteiger partial charge in [0.1, 0.15) is 6.26 Å². The molecule has 2 aliphatic rings. The average Bonchev–Trinajstić information content (AvgIpc) is 3.13. The van der Waals surface area contributed by atoms with Crippen molar-refractivity contribution in [3.05, 3.63) is 18.0 Å². The molecule has 2 heterocycles. The summed E-state index contributed by atoms with van der Waals surface area (Å²) in [5.41, 5.74) is 1.37. The van der Waals surface area contributed by atoms with Crippen LogP contribution in [0.1, 0.15) is 38.3 Å². The van der Waals surface area contributed by atoms with Gasteiger partial charge in [-0.1, -0.05) is 11.6 Å². The van der Waals surface area contributed by atoms with Crippen LogP contribution in [0, 0.1) is 5.41 Å². The number of nitrogens with one attached hydrogen (secondary N) is 1. The number of ether oxygens (including phenoxy) is 1. The Kier molecular flexibility index (Phi) is 9.31. The summed E-state index contributed by atoms with van der Waals surface area (Å²) in [6.45, 7) is 9.69. The van der Waals surface area contributed by atoms with Crippen LogP contribution in [-0.2, 0) is 11.3 Å². The smallest absolute Gasteiger partial charge is 0.194 e. The first-order valence-electron chi connectivity index (χ1n) is 9.88. The average molecular weight is 491 g/mol. The molecule has 1 aromatic heterocycles. The van der Waals surface area contributed by atoms with E-state index in [-0.39, 0.29) is 24.0 Å². The van der Waals surface area contributed by atoms with Gasteiger partial charge >= 0.3 is 0 Å². The van der Waals surface area contributed by atoms with E-state index in [0.29, 0.717) is 5.41 Å². The van der Waals surface area contributed by atoms with Crippen LogP contribution < -0.4 is 5.32 Å². The molecular weight excluding hydrogens is 457 g/mol. The number of piperazine rings is 1. The number of halogens is 1. The third kappa shape index (κ3) is 6.32. The fraction of sp³-hybridized carbons (Fsp3) is 0.789. The fourth-order valence-corrected chi connectivity index (χ4v) is 3.82. The summed E-state index contributed by atoms with van der Waals surface area (Å²) in [5.74, 6) is 1.07. The maximum absolute atomic E-state index is 5.31. The molecule has 7 nitrogen and oxygen atoms in total. The maximum Gasteiger partial charge on any atom is 0.194 e. The van der Waals surface area contributed by atoms with Gasteiger partial charge in [0.05, 0.1) is 5.69 Å². The molecule has 8 heteroatoms. The Morgan fingerprint density at radius 1 is 1.33 bits per heavy atom. The van der Waals surface area contributed by atoms with E-state index in [1.807, 2.05) is 6.07 Å². The van der Waals surface area contributed by atoms with Gasteiger partial charge in [0.2, 0.25) is 0 Å². The number of nitrogens with zero attached hydrogens (tertiary/aromatic N) is 4. The van der Waals surface area contributed by atoms with E-state index in [1.54, 1.807) is 13.4 Å². The van der Waals surface area contributed by atoms with Gasteiger partial charge in [-0.15, -0.1) is 24.0 Å². The zero-order valence-electron chi connectivity index (χ0n) is 16.7. The van der Waals surface area contributed by atoms with Crippen molar-refractivity contribution in [3.8, 4) is 0 Å². The third-order valence-electron chi connectivity index (χ3n) is 5.70. The molecule has 0 unspecified atom stereocenters. The Hall–Kier alpha value is -0.870. The molecule has 1 saturated carbocycles. The fourth-order valence-electron chi connectivity index (χ4n) is 3.82. The lowest BCUT2D eigenvalue weighted by Crippen LogP contribution is -2.52. The van der Waals surface area contributed by atoms with E-state index < -0.39 is 0 Å². The molecule has 3 rings (SSSR count). The van der Waals surface area contributed by atoms with Gasteiger partial charge in [0, 0.05) is 65.6 Å². The monoisotopic (exact) mass is 491 g/mol. The van der Waals surface area contributed by atoms with Gasteiger partial charge in [0.15, 0.2) is 5.96 Å². The maximum atomic E-state index is 5.31. The molecule has 0 spiro atoms. The van der Waals surface area contributed by atoms with Crippen LogP contribution in [0.4, 0.5) is 0 Å². The van der Waals surface area contributed by atoms with E-state index in [2.05, 4.69) is 27.2 Å². The summed E-state index contributed by atoms with van der Waals surface area (Å²) in [5, 5.41) is 7.50. The van der Waals surface area contributed by atoms with Crippen LogP contribution in [0.15, 0.2) is 21.8 Å². The molecule has 0 amide bonds. The standard InChI is InChI=1S/C19H33N5O2.HI/c1-3-20-18(21-16-19(6-4-7-19)8-14-25-2)24-11-9-23(10-12-24)15-17-5-13-26-22-17;/h5,13H,3-4,6-12,14-16H2,1-2H3,(H,20,21);1H. The lowest BCUT2D eigenvalue weighted by atomic mass is 9.67. The summed E-state index contributed by atoms with van der Waals surface area (Å²) in [7, 11) is 1.79. The molecule has 0 bridgehead atoms. The van der Waals surface area contributed by atoms with Crippen molar-refractivity contribution in [1.82, 2.24) is 20.3 Å². The van der Waals surface area contributed by atoms with E-state index >= 15 is 0 Å². The highest BCUT2D eigenvalue weighted by Gasteiger charge is 2.36. The molecule has 2 fully saturated rings. The number of guanidine groups is 1. The van der Waals surface area contributed by atoms with Crippen molar-refractivity contribution in [3.63, 3.8) is 0 Å². The second-order valence-corrected chi connectivity index (χ2v) is 7.52. The van der Waals surface area contributed by atoms with E-state index in [0.717, 1.165) is 70.5 Å². The number of aromatic nitrogens is 1. The lowest BCUT2D eigenvalue weighted by Gasteiger charge is -2.41. The van der Waals surface area contributed by atoms with Crippen molar-refractivity contribution in [2.45, 2.75) is 39.2 Å². The second kappa shape index (κ2) is 11.2. The van der Waals surface area contributed by atoms with Crippen LogP contribution >= 0.6 is 24.0 Å². The molecule has 27 heavy (non-hydrogen) atoms. The minimum absolute atomic E-state index is 0. The molecule has 1 aliphatic carbocycles.